The van der Waals surface area contributed by atoms with E-state index >= 15 is 0 Å². The lowest BCUT2D eigenvalue weighted by Crippen LogP contribution is -2.56. The van der Waals surface area contributed by atoms with E-state index in [1.54, 1.807) is 17.1 Å². The van der Waals surface area contributed by atoms with Crippen LogP contribution in [0.1, 0.15) is 36.0 Å². The first-order chi connectivity index (χ1) is 17.4. The maximum atomic E-state index is 13.0. The minimum absolute atomic E-state index is 0.0985. The van der Waals surface area contributed by atoms with Crippen molar-refractivity contribution in [3.8, 4) is 0 Å². The molecule has 0 aliphatic carbocycles. The molecule has 0 saturated carbocycles. The van der Waals surface area contributed by atoms with Gasteiger partial charge in [-0.25, -0.2) is 4.98 Å². The average molecular weight is 520 g/mol. The molecular formula is C23H28F3N9O2. The lowest BCUT2D eigenvalue weighted by atomic mass is 9.79. The van der Waals surface area contributed by atoms with Crippen molar-refractivity contribution >= 4 is 23.4 Å². The number of aromatic nitrogens is 6. The standard InChI is InChI=1S/C23H28F3N9O2/c1-13-17-19(33(3)18(20(36)30-17)22(2)5-6-37-12-22)31-21(29-13)27-8-14-9-28-35(10-14)11-15-7-16(23(24,25)26)32-34(15)4/h7,9-10,18H,5-6,8,11-12H2,1-4H3,(H,30,36)(H,27,29,31). The van der Waals surface area contributed by atoms with Crippen LogP contribution < -0.4 is 15.5 Å². The number of hydrogen-bond donors (Lipinski definition) is 2. The molecule has 0 aromatic carbocycles. The number of ether oxygens (including phenoxy) is 1. The van der Waals surface area contributed by atoms with Gasteiger partial charge in [-0.15, -0.1) is 0 Å². The molecule has 2 aliphatic rings. The number of likely N-dealkylation sites (N-methyl/N-ethyl adjacent to an activating group) is 1. The Bertz CT molecular complexity index is 1330. The smallest absolute Gasteiger partial charge is 0.381 e. The van der Waals surface area contributed by atoms with Crippen molar-refractivity contribution in [2.45, 2.75) is 45.6 Å². The number of halogens is 3. The van der Waals surface area contributed by atoms with E-state index in [2.05, 4.69) is 30.8 Å². The minimum atomic E-state index is -4.50. The Hall–Kier alpha value is -3.68. The first-order valence-corrected chi connectivity index (χ1v) is 11.8. The van der Waals surface area contributed by atoms with E-state index in [1.165, 1.54) is 11.7 Å². The Morgan fingerprint density at radius 1 is 1.30 bits per heavy atom. The molecule has 3 aromatic rings. The fraction of sp³-hybridized carbons (Fsp3) is 0.522. The van der Waals surface area contributed by atoms with E-state index in [-0.39, 0.29) is 17.9 Å². The SMILES string of the molecule is Cc1nc(NCc2cnn(Cc3cc(C(F)(F)F)nn3C)c2)nc2c1NC(=O)C(C1(C)CCOC1)N2C. The number of amides is 1. The number of fused-ring (bicyclic) bond motifs is 1. The third-order valence-electron chi connectivity index (χ3n) is 6.93. The third-order valence-corrected chi connectivity index (χ3v) is 6.93. The average Bonchev–Trinajstić information content (AvgIpc) is 3.54. The van der Waals surface area contributed by atoms with Crippen LogP contribution in [-0.4, -0.2) is 61.7 Å². The van der Waals surface area contributed by atoms with Crippen LogP contribution in [0.5, 0.6) is 0 Å². The first-order valence-electron chi connectivity index (χ1n) is 11.8. The first kappa shape index (κ1) is 25.0. The zero-order chi connectivity index (χ0) is 26.5. The summed E-state index contributed by atoms with van der Waals surface area (Å²) in [6, 6.07) is 0.594. The number of rotatable bonds is 6. The third kappa shape index (κ3) is 4.72. The number of alkyl halides is 3. The van der Waals surface area contributed by atoms with Crippen molar-refractivity contribution < 1.29 is 22.7 Å². The molecule has 11 nitrogen and oxygen atoms in total. The largest absolute Gasteiger partial charge is 0.435 e. The van der Waals surface area contributed by atoms with Gasteiger partial charge in [0.2, 0.25) is 11.9 Å². The number of carbonyl (C=O) groups excluding carboxylic acids is 1. The quantitative estimate of drug-likeness (QED) is 0.511. The molecule has 2 atom stereocenters. The Morgan fingerprint density at radius 2 is 2.08 bits per heavy atom. The van der Waals surface area contributed by atoms with Gasteiger partial charge in [0.05, 0.1) is 30.7 Å². The summed E-state index contributed by atoms with van der Waals surface area (Å²) in [4.78, 5) is 24.0. The molecule has 2 aliphatic heterocycles. The Morgan fingerprint density at radius 3 is 2.76 bits per heavy atom. The van der Waals surface area contributed by atoms with Crippen LogP contribution in [0.15, 0.2) is 18.5 Å². The van der Waals surface area contributed by atoms with Crippen LogP contribution in [0.2, 0.25) is 0 Å². The van der Waals surface area contributed by atoms with Crippen molar-refractivity contribution in [1.29, 1.82) is 0 Å². The number of nitrogens with one attached hydrogen (secondary N) is 2. The Balaban J connectivity index is 1.29. The van der Waals surface area contributed by atoms with E-state index in [4.69, 9.17) is 4.74 Å². The maximum absolute atomic E-state index is 13.0. The van der Waals surface area contributed by atoms with Gasteiger partial charge in [0.25, 0.3) is 0 Å². The zero-order valence-electron chi connectivity index (χ0n) is 20.9. The van der Waals surface area contributed by atoms with Gasteiger partial charge in [0, 0.05) is 44.4 Å². The summed E-state index contributed by atoms with van der Waals surface area (Å²) in [6.07, 6.45) is -0.355. The predicted molar refractivity (Wildman–Crippen MR) is 128 cm³/mol. The van der Waals surface area contributed by atoms with E-state index < -0.39 is 17.9 Å². The molecule has 37 heavy (non-hydrogen) atoms. The molecule has 2 unspecified atom stereocenters. The number of carbonyl (C=O) groups is 1. The summed E-state index contributed by atoms with van der Waals surface area (Å²) < 4.78 is 47.1. The van der Waals surface area contributed by atoms with E-state index in [9.17, 15) is 18.0 Å². The Kier molecular flexibility index (Phi) is 6.09. The predicted octanol–water partition coefficient (Wildman–Crippen LogP) is 2.58. The van der Waals surface area contributed by atoms with Crippen molar-refractivity contribution in [3.63, 3.8) is 0 Å². The van der Waals surface area contributed by atoms with Gasteiger partial charge in [0.15, 0.2) is 11.5 Å². The van der Waals surface area contributed by atoms with Crippen molar-refractivity contribution in [2.24, 2.45) is 12.5 Å². The van der Waals surface area contributed by atoms with Crippen molar-refractivity contribution in [3.05, 3.63) is 41.1 Å². The molecule has 5 heterocycles. The van der Waals surface area contributed by atoms with Crippen LogP contribution in [0, 0.1) is 12.3 Å². The molecule has 1 saturated heterocycles. The van der Waals surface area contributed by atoms with Crippen LogP contribution >= 0.6 is 0 Å². The van der Waals surface area contributed by atoms with Gasteiger partial charge >= 0.3 is 6.18 Å². The second-order valence-electron chi connectivity index (χ2n) is 9.83. The minimum Gasteiger partial charge on any atom is -0.381 e. The van der Waals surface area contributed by atoms with Crippen LogP contribution in [0.3, 0.4) is 0 Å². The second kappa shape index (κ2) is 9.01. The molecule has 0 radical (unpaired) electrons. The summed E-state index contributed by atoms with van der Waals surface area (Å²) >= 11 is 0. The van der Waals surface area contributed by atoms with Gasteiger partial charge in [-0.1, -0.05) is 6.92 Å². The molecule has 5 rings (SSSR count). The molecule has 2 N–H and O–H groups in total. The number of aryl methyl sites for hydroxylation is 2. The summed E-state index contributed by atoms with van der Waals surface area (Å²) in [5.41, 5.74) is 1.13. The summed E-state index contributed by atoms with van der Waals surface area (Å²) in [7, 11) is 3.32. The molecule has 3 aromatic heterocycles. The maximum Gasteiger partial charge on any atom is 0.435 e. The second-order valence-corrected chi connectivity index (χ2v) is 9.83. The van der Waals surface area contributed by atoms with Crippen molar-refractivity contribution in [2.75, 3.05) is 35.8 Å². The fourth-order valence-corrected chi connectivity index (χ4v) is 4.93. The highest BCUT2D eigenvalue weighted by molar-refractivity contribution is 6.04. The zero-order valence-corrected chi connectivity index (χ0v) is 20.9. The topological polar surface area (TPSA) is 115 Å². The number of hydrogen-bond acceptors (Lipinski definition) is 8. The van der Waals surface area contributed by atoms with Gasteiger partial charge in [0.1, 0.15) is 11.7 Å². The number of nitrogens with zero attached hydrogens (tertiary/aromatic N) is 7. The molecule has 0 spiro atoms. The molecule has 14 heteroatoms. The van der Waals surface area contributed by atoms with Crippen LogP contribution in [0.4, 0.5) is 30.6 Å². The molecule has 1 amide bonds. The monoisotopic (exact) mass is 519 g/mol. The van der Waals surface area contributed by atoms with Gasteiger partial charge < -0.3 is 20.3 Å². The molecule has 0 bridgehead atoms. The van der Waals surface area contributed by atoms with Crippen LogP contribution in [-0.2, 0) is 35.8 Å². The van der Waals surface area contributed by atoms with Gasteiger partial charge in [-0.2, -0.15) is 28.4 Å². The lowest BCUT2D eigenvalue weighted by Gasteiger charge is -2.42. The summed E-state index contributed by atoms with van der Waals surface area (Å²) in [5, 5.41) is 13.9. The van der Waals surface area contributed by atoms with Gasteiger partial charge in [-0.05, 0) is 19.4 Å². The summed E-state index contributed by atoms with van der Waals surface area (Å²) in [6.45, 7) is 5.47. The highest BCUT2D eigenvalue weighted by atomic mass is 19.4. The Labute approximate surface area is 211 Å². The fourth-order valence-electron chi connectivity index (χ4n) is 4.93. The van der Waals surface area contributed by atoms with E-state index in [0.29, 0.717) is 48.6 Å². The van der Waals surface area contributed by atoms with Gasteiger partial charge in [-0.3, -0.25) is 14.2 Å². The molecule has 198 valence electrons. The van der Waals surface area contributed by atoms with Crippen LogP contribution in [0.25, 0.3) is 0 Å². The lowest BCUT2D eigenvalue weighted by molar-refractivity contribution is -0.141. The van der Waals surface area contributed by atoms with E-state index in [0.717, 1.165) is 18.1 Å². The highest BCUT2D eigenvalue weighted by Crippen LogP contribution is 2.41. The van der Waals surface area contributed by atoms with Crippen molar-refractivity contribution in [1.82, 2.24) is 29.5 Å². The van der Waals surface area contributed by atoms with E-state index in [1.807, 2.05) is 25.8 Å². The molecule has 1 fully saturated rings. The highest BCUT2D eigenvalue weighted by Gasteiger charge is 2.48. The summed E-state index contributed by atoms with van der Waals surface area (Å²) in [5.74, 6) is 0.915. The molecular weight excluding hydrogens is 491 g/mol. The normalized spacial score (nSPS) is 21.8. The number of anilines is 3.